The van der Waals surface area contributed by atoms with E-state index in [0.717, 1.165) is 28.0 Å². The van der Waals surface area contributed by atoms with E-state index in [2.05, 4.69) is 10.2 Å². The summed E-state index contributed by atoms with van der Waals surface area (Å²) >= 11 is 7.63. The van der Waals surface area contributed by atoms with Gasteiger partial charge in [-0.15, -0.1) is 10.2 Å². The first kappa shape index (κ1) is 31.1. The fourth-order valence-electron chi connectivity index (χ4n) is 4.50. The second kappa shape index (κ2) is 14.4. The maximum atomic E-state index is 10.9. The Morgan fingerprint density at radius 2 is 1.48 bits per heavy atom. The molecule has 2 N–H and O–H groups in total. The molecule has 0 aliphatic carbocycles. The molecule has 1 heterocycles. The number of rotatable bonds is 13. The molecule has 1 unspecified atom stereocenters. The molecule has 0 spiro atoms. The number of hydrogen-bond donors (Lipinski definition) is 2. The van der Waals surface area contributed by atoms with E-state index in [1.54, 1.807) is 69.9 Å². The average Bonchev–Trinajstić information content (AvgIpc) is 3.45. The normalized spacial score (nSPS) is 11.7. The number of halogens is 1. The van der Waals surface area contributed by atoms with Crippen LogP contribution in [0.5, 0.6) is 28.7 Å². The first-order chi connectivity index (χ1) is 21.4. The van der Waals surface area contributed by atoms with E-state index in [-0.39, 0.29) is 12.4 Å². The predicted molar refractivity (Wildman–Crippen MR) is 171 cm³/mol. The summed E-state index contributed by atoms with van der Waals surface area (Å²) in [7, 11) is 4.83. The van der Waals surface area contributed by atoms with Crippen LogP contribution >= 0.6 is 23.4 Å². The monoisotopic (exact) mass is 633 g/mol. The molecule has 1 atom stereocenters. The molecule has 1 aromatic heterocycles. The van der Waals surface area contributed by atoms with Gasteiger partial charge in [-0.05, 0) is 65.7 Å². The molecule has 4 aromatic carbocycles. The maximum Gasteiger partial charge on any atom is 0.191 e. The summed E-state index contributed by atoms with van der Waals surface area (Å²) in [5, 5.41) is 30.8. The zero-order valence-electron chi connectivity index (χ0n) is 24.4. The molecule has 0 bridgehead atoms. The summed E-state index contributed by atoms with van der Waals surface area (Å²) in [6, 6.07) is 25.4. The minimum absolute atomic E-state index is 0.0479. The molecule has 0 radical (unpaired) electrons. The highest BCUT2D eigenvalue weighted by molar-refractivity contribution is 7.99. The van der Waals surface area contributed by atoms with Crippen molar-refractivity contribution < 1.29 is 29.2 Å². The third kappa shape index (κ3) is 7.57. The molecule has 5 aromatic rings. The molecule has 0 aliphatic heterocycles. The van der Waals surface area contributed by atoms with Crippen molar-refractivity contribution in [1.29, 1.82) is 0 Å². The van der Waals surface area contributed by atoms with Gasteiger partial charge in [0.15, 0.2) is 11.0 Å². The number of phenolic OH excluding ortho intramolecular Hbond substituents is 1. The fraction of sp³-hybridized carbons (Fsp3) is 0.212. The summed E-state index contributed by atoms with van der Waals surface area (Å²) in [4.78, 5) is 0. The average molecular weight is 634 g/mol. The first-order valence-corrected chi connectivity index (χ1v) is 15.1. The quantitative estimate of drug-likeness (QED) is 0.139. The van der Waals surface area contributed by atoms with E-state index >= 15 is 0 Å². The van der Waals surface area contributed by atoms with Crippen molar-refractivity contribution in [2.24, 2.45) is 0 Å². The Labute approximate surface area is 265 Å². The topological polar surface area (TPSA) is 108 Å². The van der Waals surface area contributed by atoms with Crippen LogP contribution in [0.1, 0.15) is 5.56 Å². The van der Waals surface area contributed by atoms with E-state index < -0.39 is 6.10 Å². The van der Waals surface area contributed by atoms with Crippen molar-refractivity contribution in [2.75, 3.05) is 33.7 Å². The van der Waals surface area contributed by atoms with Gasteiger partial charge in [-0.25, -0.2) is 0 Å². The number of phenols is 1. The summed E-state index contributed by atoms with van der Waals surface area (Å²) in [5.74, 6) is 3.71. The molecule has 228 valence electrons. The van der Waals surface area contributed by atoms with Crippen LogP contribution in [-0.2, 0) is 6.54 Å². The van der Waals surface area contributed by atoms with Crippen molar-refractivity contribution in [2.45, 2.75) is 17.8 Å². The Balaban J connectivity index is 1.35. The largest absolute Gasteiger partial charge is 0.508 e. The number of aromatic nitrogens is 3. The lowest BCUT2D eigenvalue weighted by atomic mass is 10.0. The number of hydrogen-bond acceptors (Lipinski definition) is 9. The van der Waals surface area contributed by atoms with E-state index in [9.17, 15) is 10.2 Å². The molecule has 0 saturated heterocycles. The Hall–Kier alpha value is -4.38. The number of aliphatic hydroxyl groups excluding tert-OH is 1. The van der Waals surface area contributed by atoms with Crippen LogP contribution < -0.4 is 18.9 Å². The second-order valence-electron chi connectivity index (χ2n) is 9.80. The smallest absolute Gasteiger partial charge is 0.191 e. The Morgan fingerprint density at radius 1 is 0.795 bits per heavy atom. The molecule has 0 aliphatic rings. The number of aromatic hydroxyl groups is 1. The lowest BCUT2D eigenvalue weighted by molar-refractivity contribution is 0.126. The van der Waals surface area contributed by atoms with E-state index in [0.29, 0.717) is 45.5 Å². The Kier molecular flexibility index (Phi) is 10.2. The van der Waals surface area contributed by atoms with Crippen LogP contribution in [0.2, 0.25) is 5.02 Å². The van der Waals surface area contributed by atoms with Crippen LogP contribution in [0.25, 0.3) is 22.5 Å². The number of benzene rings is 4. The number of methoxy groups -OCH3 is 3. The van der Waals surface area contributed by atoms with Crippen LogP contribution in [-0.4, -0.2) is 64.8 Å². The van der Waals surface area contributed by atoms with Gasteiger partial charge >= 0.3 is 0 Å². The number of ether oxygens (including phenoxy) is 4. The van der Waals surface area contributed by atoms with Crippen molar-refractivity contribution >= 4 is 23.4 Å². The van der Waals surface area contributed by atoms with E-state index in [1.165, 1.54) is 11.8 Å². The molecule has 44 heavy (non-hydrogen) atoms. The third-order valence-corrected chi connectivity index (χ3v) is 8.13. The van der Waals surface area contributed by atoms with Crippen LogP contribution in [0.3, 0.4) is 0 Å². The SMILES string of the molecule is COc1ccc(Cn2c(SCC(O)COc3ccc(Cl)cc3-c3ccc(O)cc3)nnc2-c2cc(OC)cc(OC)c2)cc1. The van der Waals surface area contributed by atoms with Gasteiger partial charge in [0.2, 0.25) is 0 Å². The van der Waals surface area contributed by atoms with Crippen LogP contribution in [0.4, 0.5) is 0 Å². The molecular formula is C33H32ClN3O6S. The summed E-state index contributed by atoms with van der Waals surface area (Å²) in [5.41, 5.74) is 3.40. The van der Waals surface area contributed by atoms with Crippen molar-refractivity contribution in [3.63, 3.8) is 0 Å². The Morgan fingerprint density at radius 3 is 2.14 bits per heavy atom. The predicted octanol–water partition coefficient (Wildman–Crippen LogP) is 6.58. The van der Waals surface area contributed by atoms with Gasteiger partial charge < -0.3 is 29.2 Å². The highest BCUT2D eigenvalue weighted by atomic mass is 35.5. The molecular weight excluding hydrogens is 602 g/mol. The van der Waals surface area contributed by atoms with E-state index in [4.69, 9.17) is 30.5 Å². The van der Waals surface area contributed by atoms with Crippen LogP contribution in [0.15, 0.2) is 90.1 Å². The lowest BCUT2D eigenvalue weighted by Crippen LogP contribution is -2.20. The molecule has 0 fully saturated rings. The number of nitrogens with zero attached hydrogens (tertiary/aromatic N) is 3. The van der Waals surface area contributed by atoms with Crippen LogP contribution in [0, 0.1) is 0 Å². The van der Waals surface area contributed by atoms with Crippen molar-refractivity contribution in [3.05, 3.63) is 95.5 Å². The van der Waals surface area contributed by atoms with Gasteiger partial charge in [-0.3, -0.25) is 4.57 Å². The van der Waals surface area contributed by atoms with Gasteiger partial charge in [0, 0.05) is 28.0 Å². The molecule has 5 rings (SSSR count). The molecule has 0 amide bonds. The third-order valence-electron chi connectivity index (χ3n) is 6.78. The highest BCUT2D eigenvalue weighted by Gasteiger charge is 2.19. The minimum Gasteiger partial charge on any atom is -0.508 e. The standard InChI is InChI=1S/C33H32ClN3O6S/c1-40-27-11-4-21(5-12-27)18-37-32(23-14-28(41-2)17-29(15-23)42-3)35-36-33(37)44-20-26(39)19-43-31-13-8-24(34)16-30(31)22-6-9-25(38)10-7-22/h4-17,26,38-39H,18-20H2,1-3H3. The minimum atomic E-state index is -0.810. The number of thioether (sulfide) groups is 1. The zero-order chi connectivity index (χ0) is 31.1. The van der Waals surface area contributed by atoms with Gasteiger partial charge in [0.25, 0.3) is 0 Å². The fourth-order valence-corrected chi connectivity index (χ4v) is 5.52. The Bertz CT molecular complexity index is 1670. The number of aliphatic hydroxyl groups is 1. The molecule has 11 heteroatoms. The summed E-state index contributed by atoms with van der Waals surface area (Å²) < 4.78 is 24.3. The zero-order valence-corrected chi connectivity index (χ0v) is 26.0. The molecule has 9 nitrogen and oxygen atoms in total. The van der Waals surface area contributed by atoms with Gasteiger partial charge in [-0.2, -0.15) is 0 Å². The maximum absolute atomic E-state index is 10.9. The van der Waals surface area contributed by atoms with Gasteiger partial charge in [0.05, 0.1) is 34.0 Å². The molecule has 0 saturated carbocycles. The van der Waals surface area contributed by atoms with Gasteiger partial charge in [-0.1, -0.05) is 47.6 Å². The summed E-state index contributed by atoms with van der Waals surface area (Å²) in [6.45, 7) is 0.536. The van der Waals surface area contributed by atoms with Crippen molar-refractivity contribution in [3.8, 4) is 51.3 Å². The summed E-state index contributed by atoms with van der Waals surface area (Å²) in [6.07, 6.45) is -0.810. The first-order valence-electron chi connectivity index (χ1n) is 13.7. The lowest BCUT2D eigenvalue weighted by Gasteiger charge is -2.16. The van der Waals surface area contributed by atoms with Crippen molar-refractivity contribution in [1.82, 2.24) is 14.8 Å². The van der Waals surface area contributed by atoms with E-state index in [1.807, 2.05) is 41.0 Å². The van der Waals surface area contributed by atoms with Gasteiger partial charge in [0.1, 0.15) is 35.4 Å². The second-order valence-corrected chi connectivity index (χ2v) is 11.2. The highest BCUT2D eigenvalue weighted by Crippen LogP contribution is 2.35.